The van der Waals surface area contributed by atoms with E-state index in [1.165, 1.54) is 11.1 Å². The number of carbonyl (C=O) groups excluding carboxylic acids is 2. The van der Waals surface area contributed by atoms with Gasteiger partial charge in [-0.25, -0.2) is 9.78 Å². The van der Waals surface area contributed by atoms with E-state index in [1.54, 1.807) is 6.07 Å². The molecule has 4 rings (SSSR count). The highest BCUT2D eigenvalue weighted by atomic mass is 16.5. The van der Waals surface area contributed by atoms with Crippen molar-refractivity contribution in [1.29, 1.82) is 0 Å². The van der Waals surface area contributed by atoms with Crippen molar-refractivity contribution in [3.63, 3.8) is 0 Å². The van der Waals surface area contributed by atoms with E-state index in [4.69, 9.17) is 4.74 Å². The van der Waals surface area contributed by atoms with Crippen LogP contribution in [0.1, 0.15) is 43.4 Å². The molecule has 0 radical (unpaired) electrons. The molecule has 0 N–H and O–H groups in total. The first kappa shape index (κ1) is 20.5. The molecule has 0 spiro atoms. The van der Waals surface area contributed by atoms with Gasteiger partial charge in [-0.3, -0.25) is 4.79 Å². The first-order valence-electron chi connectivity index (χ1n) is 10.2. The zero-order chi connectivity index (χ0) is 22.1. The van der Waals surface area contributed by atoms with Gasteiger partial charge in [0.15, 0.2) is 6.61 Å². The van der Waals surface area contributed by atoms with Crippen molar-refractivity contribution >= 4 is 22.7 Å². The summed E-state index contributed by atoms with van der Waals surface area (Å²) < 4.78 is 7.33. The molecule has 4 aromatic rings. The summed E-state index contributed by atoms with van der Waals surface area (Å²) in [6, 6.07) is 19.0. The molecule has 2 aromatic heterocycles. The summed E-state index contributed by atoms with van der Waals surface area (Å²) in [6.07, 6.45) is 0. The quantitative estimate of drug-likeness (QED) is 0.330. The van der Waals surface area contributed by atoms with E-state index < -0.39 is 5.97 Å². The topological polar surface area (TPSA) is 61.2 Å². The maximum atomic E-state index is 12.8. The van der Waals surface area contributed by atoms with E-state index in [-0.39, 0.29) is 18.1 Å². The van der Waals surface area contributed by atoms with Gasteiger partial charge in [0, 0.05) is 28.0 Å². The van der Waals surface area contributed by atoms with Crippen LogP contribution >= 0.6 is 0 Å². The minimum Gasteiger partial charge on any atom is -0.453 e. The molecular weight excluding hydrogens is 388 g/mol. The zero-order valence-electron chi connectivity index (χ0n) is 18.1. The summed E-state index contributed by atoms with van der Waals surface area (Å²) in [5.41, 5.74) is 6.64. The highest BCUT2D eigenvalue weighted by Gasteiger charge is 2.19. The van der Waals surface area contributed by atoms with Gasteiger partial charge in [-0.2, -0.15) is 0 Å². The molecule has 0 aliphatic heterocycles. The molecule has 0 aliphatic rings. The van der Waals surface area contributed by atoms with E-state index >= 15 is 0 Å². The number of aromatic nitrogens is 2. The predicted molar refractivity (Wildman–Crippen MR) is 121 cm³/mol. The Kier molecular flexibility index (Phi) is 5.42. The number of aryl methyl sites for hydroxylation is 3. The summed E-state index contributed by atoms with van der Waals surface area (Å²) >= 11 is 0. The summed E-state index contributed by atoms with van der Waals surface area (Å²) in [7, 11) is 0. The summed E-state index contributed by atoms with van der Waals surface area (Å²) in [4.78, 5) is 29.6. The third-order valence-electron chi connectivity index (χ3n) is 5.62. The fourth-order valence-electron chi connectivity index (χ4n) is 3.77. The van der Waals surface area contributed by atoms with Crippen LogP contribution in [-0.4, -0.2) is 27.9 Å². The number of fused-ring (bicyclic) bond motifs is 1. The van der Waals surface area contributed by atoms with Crippen LogP contribution in [0.2, 0.25) is 0 Å². The normalized spacial score (nSPS) is 11.0. The monoisotopic (exact) mass is 412 g/mol. The van der Waals surface area contributed by atoms with E-state index in [9.17, 15) is 9.59 Å². The van der Waals surface area contributed by atoms with Gasteiger partial charge in [-0.05, 0) is 69.2 Å². The first-order chi connectivity index (χ1) is 14.8. The molecule has 0 saturated heterocycles. The Hall–Kier alpha value is -3.73. The molecule has 31 heavy (non-hydrogen) atoms. The Balaban J connectivity index is 1.52. The van der Waals surface area contributed by atoms with E-state index in [0.717, 1.165) is 22.5 Å². The van der Waals surface area contributed by atoms with Crippen LogP contribution in [0.5, 0.6) is 0 Å². The molecule has 0 atom stereocenters. The first-order valence-corrected chi connectivity index (χ1v) is 10.2. The molecular formula is C26H24N2O3. The van der Waals surface area contributed by atoms with Gasteiger partial charge in [-0.1, -0.05) is 30.3 Å². The van der Waals surface area contributed by atoms with Crippen LogP contribution in [0.15, 0.2) is 60.7 Å². The Labute approximate surface area is 181 Å². The number of esters is 1. The van der Waals surface area contributed by atoms with Gasteiger partial charge in [0.2, 0.25) is 5.78 Å². The van der Waals surface area contributed by atoms with Gasteiger partial charge in [0.25, 0.3) is 0 Å². The number of carbonyl (C=O) groups is 2. The number of hydrogen-bond acceptors (Lipinski definition) is 4. The van der Waals surface area contributed by atoms with Crippen molar-refractivity contribution in [2.45, 2.75) is 27.7 Å². The second kappa shape index (κ2) is 8.19. The molecule has 0 amide bonds. The maximum absolute atomic E-state index is 12.8. The minimum absolute atomic E-state index is 0.187. The SMILES string of the molecule is Cc1ccc(-n2c(C)cc(C(=O)COC(=O)c3ccc4ccccc4n3)c2C)cc1C. The molecule has 0 saturated carbocycles. The fourth-order valence-corrected chi connectivity index (χ4v) is 3.77. The van der Waals surface area contributed by atoms with Crippen molar-refractivity contribution in [1.82, 2.24) is 9.55 Å². The molecule has 5 heteroatoms. The summed E-state index contributed by atoms with van der Waals surface area (Å²) in [5, 5.41) is 0.939. The number of Topliss-reactive ketones (excluding diaryl/α,β-unsaturated/α-hetero) is 1. The summed E-state index contributed by atoms with van der Waals surface area (Å²) in [6.45, 7) is 7.68. The van der Waals surface area contributed by atoms with Crippen LogP contribution in [0, 0.1) is 27.7 Å². The lowest BCUT2D eigenvalue weighted by Gasteiger charge is -2.12. The van der Waals surface area contributed by atoms with Gasteiger partial charge >= 0.3 is 5.97 Å². The minimum atomic E-state index is -0.609. The zero-order valence-corrected chi connectivity index (χ0v) is 18.1. The average molecular weight is 412 g/mol. The number of rotatable bonds is 5. The third-order valence-corrected chi connectivity index (χ3v) is 5.62. The third kappa shape index (κ3) is 3.99. The van der Waals surface area contributed by atoms with Gasteiger partial charge in [0.1, 0.15) is 5.69 Å². The van der Waals surface area contributed by atoms with E-state index in [2.05, 4.69) is 31.0 Å². The predicted octanol–water partition coefficient (Wildman–Crippen LogP) is 5.30. The number of benzene rings is 2. The van der Waals surface area contributed by atoms with Crippen LogP contribution in [0.25, 0.3) is 16.6 Å². The molecule has 2 aromatic carbocycles. The Bertz CT molecular complexity index is 1320. The molecule has 0 unspecified atom stereocenters. The van der Waals surface area contributed by atoms with Gasteiger partial charge in [0.05, 0.1) is 5.52 Å². The number of nitrogens with zero attached hydrogens (tertiary/aromatic N) is 2. The molecule has 156 valence electrons. The lowest BCUT2D eigenvalue weighted by molar-refractivity contribution is 0.0469. The molecule has 0 fully saturated rings. The van der Waals surface area contributed by atoms with Crippen LogP contribution in [-0.2, 0) is 4.74 Å². The van der Waals surface area contributed by atoms with Crippen LogP contribution in [0.4, 0.5) is 0 Å². The second-order valence-electron chi connectivity index (χ2n) is 7.78. The van der Waals surface area contributed by atoms with Crippen molar-refractivity contribution in [3.05, 3.63) is 94.4 Å². The lowest BCUT2D eigenvalue weighted by Crippen LogP contribution is -2.16. The molecule has 0 aliphatic carbocycles. The van der Waals surface area contributed by atoms with Crippen molar-refractivity contribution in [3.8, 4) is 5.69 Å². The van der Waals surface area contributed by atoms with Crippen molar-refractivity contribution < 1.29 is 14.3 Å². The van der Waals surface area contributed by atoms with E-state index in [1.807, 2.05) is 60.9 Å². The Morgan fingerprint density at radius 1 is 0.903 bits per heavy atom. The van der Waals surface area contributed by atoms with Crippen molar-refractivity contribution in [2.24, 2.45) is 0 Å². The number of ketones is 1. The molecule has 0 bridgehead atoms. The lowest BCUT2D eigenvalue weighted by atomic mass is 10.1. The van der Waals surface area contributed by atoms with Crippen LogP contribution in [0.3, 0.4) is 0 Å². The highest BCUT2D eigenvalue weighted by molar-refractivity contribution is 6.00. The standard InChI is InChI=1S/C26H24N2O3/c1-16-9-11-21(13-17(16)2)28-18(3)14-22(19(28)4)25(29)15-31-26(30)24-12-10-20-7-5-6-8-23(20)27-24/h5-14H,15H2,1-4H3. The number of pyridine rings is 1. The van der Waals surface area contributed by atoms with Gasteiger partial charge in [-0.15, -0.1) is 0 Å². The fraction of sp³-hybridized carbons (Fsp3) is 0.192. The smallest absolute Gasteiger partial charge is 0.357 e. The summed E-state index contributed by atoms with van der Waals surface area (Å²) in [5.74, 6) is -0.848. The maximum Gasteiger partial charge on any atom is 0.357 e. The second-order valence-corrected chi connectivity index (χ2v) is 7.78. The Morgan fingerprint density at radius 2 is 1.68 bits per heavy atom. The number of para-hydroxylation sites is 1. The van der Waals surface area contributed by atoms with Crippen LogP contribution < -0.4 is 0 Å². The van der Waals surface area contributed by atoms with Crippen molar-refractivity contribution in [2.75, 3.05) is 6.61 Å². The Morgan fingerprint density at radius 3 is 2.45 bits per heavy atom. The molecule has 2 heterocycles. The number of hydrogen-bond donors (Lipinski definition) is 0. The molecule has 5 nitrogen and oxygen atoms in total. The van der Waals surface area contributed by atoms with E-state index in [0.29, 0.717) is 11.1 Å². The number of ether oxygens (including phenoxy) is 1. The largest absolute Gasteiger partial charge is 0.453 e. The van der Waals surface area contributed by atoms with Gasteiger partial charge < -0.3 is 9.30 Å². The highest BCUT2D eigenvalue weighted by Crippen LogP contribution is 2.23. The average Bonchev–Trinajstić information content (AvgIpc) is 3.07.